The summed E-state index contributed by atoms with van der Waals surface area (Å²) in [5, 5.41) is 14.7. The first-order chi connectivity index (χ1) is 12.5. The summed E-state index contributed by atoms with van der Waals surface area (Å²) in [6, 6.07) is 15.2. The van der Waals surface area contributed by atoms with Crippen LogP contribution in [0.25, 0.3) is 0 Å². The van der Waals surface area contributed by atoms with Crippen LogP contribution in [0.5, 0.6) is 5.75 Å². The average molecular weight is 389 g/mol. The number of ether oxygens (including phenoxy) is 1. The zero-order valence-electron chi connectivity index (χ0n) is 13.7. The van der Waals surface area contributed by atoms with Gasteiger partial charge >= 0.3 is 0 Å². The molecule has 0 aliphatic rings. The van der Waals surface area contributed by atoms with E-state index in [1.807, 2.05) is 0 Å². The highest BCUT2D eigenvalue weighted by Crippen LogP contribution is 2.27. The van der Waals surface area contributed by atoms with Crippen LogP contribution in [0.15, 0.2) is 54.6 Å². The minimum absolute atomic E-state index is 0.306. The zero-order valence-corrected chi connectivity index (χ0v) is 15.2. The van der Waals surface area contributed by atoms with E-state index in [-0.39, 0.29) is 5.91 Å². The number of carbonyl (C=O) groups is 1. The van der Waals surface area contributed by atoms with E-state index in [1.54, 1.807) is 61.7 Å². The predicted octanol–water partition coefficient (Wildman–Crippen LogP) is 4.79. The van der Waals surface area contributed by atoms with Crippen LogP contribution in [0.4, 0.5) is 17.3 Å². The Morgan fingerprint density at radius 1 is 1.00 bits per heavy atom. The molecule has 1 aromatic heterocycles. The number of hydrogen-bond acceptors (Lipinski definition) is 5. The summed E-state index contributed by atoms with van der Waals surface area (Å²) in [6.45, 7) is 0. The first kappa shape index (κ1) is 18.0. The van der Waals surface area contributed by atoms with Gasteiger partial charge in [-0.2, -0.15) is 0 Å². The number of methoxy groups -OCH3 is 1. The highest BCUT2D eigenvalue weighted by Gasteiger charge is 2.09. The van der Waals surface area contributed by atoms with Crippen LogP contribution in [0, 0.1) is 0 Å². The molecule has 0 radical (unpaired) electrons. The molecule has 1 heterocycles. The molecule has 1 amide bonds. The SMILES string of the molecule is COc1cccc(C(=O)Nc2ccc(Nc3ccc(Cl)cc3Cl)nn2)c1. The van der Waals surface area contributed by atoms with E-state index in [4.69, 9.17) is 27.9 Å². The molecule has 0 atom stereocenters. The van der Waals surface area contributed by atoms with Crippen molar-refractivity contribution in [3.8, 4) is 5.75 Å². The van der Waals surface area contributed by atoms with Gasteiger partial charge in [0.15, 0.2) is 11.6 Å². The van der Waals surface area contributed by atoms with Gasteiger partial charge in [-0.15, -0.1) is 10.2 Å². The maximum Gasteiger partial charge on any atom is 0.256 e. The second kappa shape index (κ2) is 8.03. The first-order valence-corrected chi connectivity index (χ1v) is 8.32. The van der Waals surface area contributed by atoms with Crippen molar-refractivity contribution < 1.29 is 9.53 Å². The van der Waals surface area contributed by atoms with Gasteiger partial charge in [-0.05, 0) is 48.5 Å². The Morgan fingerprint density at radius 2 is 1.77 bits per heavy atom. The molecule has 0 unspecified atom stereocenters. The number of carbonyl (C=O) groups excluding carboxylic acids is 1. The molecular formula is C18H14Cl2N4O2. The Morgan fingerprint density at radius 3 is 2.46 bits per heavy atom. The first-order valence-electron chi connectivity index (χ1n) is 7.56. The fraction of sp³-hybridized carbons (Fsp3) is 0.0556. The van der Waals surface area contributed by atoms with Crippen molar-refractivity contribution >= 4 is 46.4 Å². The van der Waals surface area contributed by atoms with Crippen LogP contribution >= 0.6 is 23.2 Å². The molecule has 0 saturated heterocycles. The highest BCUT2D eigenvalue weighted by molar-refractivity contribution is 6.36. The number of aromatic nitrogens is 2. The summed E-state index contributed by atoms with van der Waals surface area (Å²) in [6.07, 6.45) is 0. The van der Waals surface area contributed by atoms with E-state index < -0.39 is 0 Å². The van der Waals surface area contributed by atoms with Gasteiger partial charge in [0, 0.05) is 10.6 Å². The Labute approximate surface area is 160 Å². The molecule has 26 heavy (non-hydrogen) atoms. The lowest BCUT2D eigenvalue weighted by Crippen LogP contribution is -2.13. The van der Waals surface area contributed by atoms with Gasteiger partial charge in [0.1, 0.15) is 5.75 Å². The largest absolute Gasteiger partial charge is 0.497 e. The molecule has 0 spiro atoms. The van der Waals surface area contributed by atoms with Gasteiger partial charge in [-0.1, -0.05) is 29.3 Å². The van der Waals surface area contributed by atoms with Gasteiger partial charge in [0.05, 0.1) is 17.8 Å². The second-order valence-electron chi connectivity index (χ2n) is 5.24. The third-order valence-electron chi connectivity index (χ3n) is 3.43. The van der Waals surface area contributed by atoms with Crippen molar-refractivity contribution in [1.82, 2.24) is 10.2 Å². The molecular weight excluding hydrogens is 375 g/mol. The molecule has 0 fully saturated rings. The summed E-state index contributed by atoms with van der Waals surface area (Å²) in [5.41, 5.74) is 1.11. The van der Waals surface area contributed by atoms with E-state index in [1.165, 1.54) is 0 Å². The number of anilines is 3. The molecule has 8 heteroatoms. The van der Waals surface area contributed by atoms with Crippen LogP contribution in [0.3, 0.4) is 0 Å². The van der Waals surface area contributed by atoms with E-state index in [2.05, 4.69) is 20.8 Å². The maximum atomic E-state index is 12.3. The van der Waals surface area contributed by atoms with Crippen LogP contribution in [-0.2, 0) is 0 Å². The van der Waals surface area contributed by atoms with Crippen LogP contribution < -0.4 is 15.4 Å². The van der Waals surface area contributed by atoms with Crippen LogP contribution in [0.2, 0.25) is 10.0 Å². The molecule has 2 N–H and O–H groups in total. The lowest BCUT2D eigenvalue weighted by Gasteiger charge is -2.09. The lowest BCUT2D eigenvalue weighted by atomic mass is 10.2. The Kier molecular flexibility index (Phi) is 5.55. The van der Waals surface area contributed by atoms with Gasteiger partial charge in [0.2, 0.25) is 0 Å². The van der Waals surface area contributed by atoms with E-state index >= 15 is 0 Å². The minimum atomic E-state index is -0.306. The van der Waals surface area contributed by atoms with Crippen molar-refractivity contribution in [1.29, 1.82) is 0 Å². The van der Waals surface area contributed by atoms with E-state index in [0.717, 1.165) is 0 Å². The van der Waals surface area contributed by atoms with Crippen molar-refractivity contribution in [2.45, 2.75) is 0 Å². The molecule has 6 nitrogen and oxygen atoms in total. The number of rotatable bonds is 5. The lowest BCUT2D eigenvalue weighted by molar-refractivity contribution is 0.102. The molecule has 2 aromatic carbocycles. The van der Waals surface area contributed by atoms with Gasteiger partial charge < -0.3 is 15.4 Å². The molecule has 0 saturated carbocycles. The number of nitrogens with zero attached hydrogens (tertiary/aromatic N) is 2. The van der Waals surface area contributed by atoms with Crippen molar-refractivity contribution in [2.24, 2.45) is 0 Å². The Hall–Kier alpha value is -2.83. The summed E-state index contributed by atoms with van der Waals surface area (Å²) in [5.74, 6) is 1.10. The summed E-state index contributed by atoms with van der Waals surface area (Å²) >= 11 is 12.0. The number of amides is 1. The van der Waals surface area contributed by atoms with Crippen molar-refractivity contribution in [2.75, 3.05) is 17.7 Å². The fourth-order valence-corrected chi connectivity index (χ4v) is 2.60. The molecule has 0 aliphatic carbocycles. The summed E-state index contributed by atoms with van der Waals surface area (Å²) in [7, 11) is 1.54. The molecule has 132 valence electrons. The van der Waals surface area contributed by atoms with Gasteiger partial charge in [-0.25, -0.2) is 0 Å². The third kappa shape index (κ3) is 4.41. The third-order valence-corrected chi connectivity index (χ3v) is 3.98. The van der Waals surface area contributed by atoms with Gasteiger partial charge in [-0.3, -0.25) is 4.79 Å². The average Bonchev–Trinajstić information content (AvgIpc) is 2.65. The van der Waals surface area contributed by atoms with Crippen molar-refractivity contribution in [3.05, 3.63) is 70.2 Å². The zero-order chi connectivity index (χ0) is 18.5. The summed E-state index contributed by atoms with van der Waals surface area (Å²) in [4.78, 5) is 12.3. The minimum Gasteiger partial charge on any atom is -0.497 e. The molecule has 0 aliphatic heterocycles. The quantitative estimate of drug-likeness (QED) is 0.656. The number of hydrogen-bond donors (Lipinski definition) is 2. The normalized spacial score (nSPS) is 10.3. The standard InChI is InChI=1S/C18H14Cl2N4O2/c1-26-13-4-2-3-11(9-13)18(25)22-17-8-7-16(23-24-17)21-15-6-5-12(19)10-14(15)20/h2-10H,1H3,(H,21,23)(H,22,24,25). The monoisotopic (exact) mass is 388 g/mol. The maximum absolute atomic E-state index is 12.3. The summed E-state index contributed by atoms with van der Waals surface area (Å²) < 4.78 is 5.11. The Bertz CT molecular complexity index is 933. The van der Waals surface area contributed by atoms with Crippen molar-refractivity contribution in [3.63, 3.8) is 0 Å². The highest BCUT2D eigenvalue weighted by atomic mass is 35.5. The smallest absolute Gasteiger partial charge is 0.256 e. The number of benzene rings is 2. The van der Waals surface area contributed by atoms with Crippen LogP contribution in [0.1, 0.15) is 10.4 Å². The molecule has 0 bridgehead atoms. The van der Waals surface area contributed by atoms with Crippen LogP contribution in [-0.4, -0.2) is 23.2 Å². The van der Waals surface area contributed by atoms with E-state index in [9.17, 15) is 4.79 Å². The predicted molar refractivity (Wildman–Crippen MR) is 103 cm³/mol. The molecule has 3 aromatic rings. The number of halogens is 2. The Balaban J connectivity index is 1.68. The van der Waals surface area contributed by atoms with Gasteiger partial charge in [0.25, 0.3) is 5.91 Å². The topological polar surface area (TPSA) is 76.1 Å². The van der Waals surface area contributed by atoms with E-state index in [0.29, 0.717) is 38.7 Å². The fourth-order valence-electron chi connectivity index (χ4n) is 2.15. The number of nitrogens with one attached hydrogen (secondary N) is 2. The second-order valence-corrected chi connectivity index (χ2v) is 6.08. The molecule has 3 rings (SSSR count).